The van der Waals surface area contributed by atoms with E-state index in [1.807, 2.05) is 39.1 Å². The van der Waals surface area contributed by atoms with Gasteiger partial charge in [0, 0.05) is 36.7 Å². The predicted molar refractivity (Wildman–Crippen MR) is 86.8 cm³/mol. The highest BCUT2D eigenvalue weighted by Crippen LogP contribution is 2.26. The maximum atomic E-state index is 12.3. The summed E-state index contributed by atoms with van der Waals surface area (Å²) >= 11 is 0. The number of ether oxygens (including phenoxy) is 1. The number of hydrogen-bond acceptors (Lipinski definition) is 3. The summed E-state index contributed by atoms with van der Waals surface area (Å²) in [5.41, 5.74) is 1.86. The second kappa shape index (κ2) is 5.65. The molecule has 1 aromatic heterocycles. The van der Waals surface area contributed by atoms with Crippen LogP contribution in [0.1, 0.15) is 32.4 Å². The van der Waals surface area contributed by atoms with Crippen molar-refractivity contribution in [2.45, 2.75) is 32.4 Å². The van der Waals surface area contributed by atoms with Crippen LogP contribution in [0.15, 0.2) is 30.5 Å². The van der Waals surface area contributed by atoms with Gasteiger partial charge in [0.2, 0.25) is 0 Å². The highest BCUT2D eigenvalue weighted by molar-refractivity contribution is 5.83. The molecule has 0 saturated carbocycles. The summed E-state index contributed by atoms with van der Waals surface area (Å²) in [5.74, 6) is 0. The van der Waals surface area contributed by atoms with Gasteiger partial charge in [0.05, 0.1) is 6.04 Å². The molecule has 0 unspecified atom stereocenters. The third kappa shape index (κ3) is 3.09. The Morgan fingerprint density at radius 2 is 2.09 bits per heavy atom. The van der Waals surface area contributed by atoms with Gasteiger partial charge in [0.25, 0.3) is 0 Å². The van der Waals surface area contributed by atoms with Crippen LogP contribution in [0.2, 0.25) is 0 Å². The van der Waals surface area contributed by atoms with E-state index in [1.54, 1.807) is 4.90 Å². The van der Waals surface area contributed by atoms with Crippen molar-refractivity contribution in [3.8, 4) is 0 Å². The number of fused-ring (bicyclic) bond motifs is 1. The summed E-state index contributed by atoms with van der Waals surface area (Å²) in [4.78, 5) is 17.3. The van der Waals surface area contributed by atoms with Gasteiger partial charge in [0.15, 0.2) is 0 Å². The molecule has 1 amide bonds. The maximum Gasteiger partial charge on any atom is 0.410 e. The van der Waals surface area contributed by atoms with Gasteiger partial charge in [-0.15, -0.1) is 0 Å². The van der Waals surface area contributed by atoms with Gasteiger partial charge >= 0.3 is 6.09 Å². The van der Waals surface area contributed by atoms with Crippen molar-refractivity contribution in [3.63, 3.8) is 0 Å². The molecule has 0 aliphatic carbocycles. The SMILES string of the molecule is CC(C)(C)OC(=O)N1CCN[C@@H](c2c[nH]c3ccccc23)C1. The monoisotopic (exact) mass is 301 g/mol. The Morgan fingerprint density at radius 1 is 1.32 bits per heavy atom. The van der Waals surface area contributed by atoms with Crippen molar-refractivity contribution in [1.29, 1.82) is 0 Å². The Kier molecular flexibility index (Phi) is 3.83. The zero-order valence-corrected chi connectivity index (χ0v) is 13.3. The fourth-order valence-electron chi connectivity index (χ4n) is 2.83. The van der Waals surface area contributed by atoms with Crippen LogP contribution in [0.3, 0.4) is 0 Å². The van der Waals surface area contributed by atoms with Crippen LogP contribution in [0, 0.1) is 0 Å². The van der Waals surface area contributed by atoms with Crippen LogP contribution in [-0.4, -0.2) is 41.2 Å². The van der Waals surface area contributed by atoms with E-state index in [1.165, 1.54) is 10.9 Å². The lowest BCUT2D eigenvalue weighted by Crippen LogP contribution is -2.49. The molecule has 0 bridgehead atoms. The van der Waals surface area contributed by atoms with Crippen LogP contribution >= 0.6 is 0 Å². The number of nitrogens with one attached hydrogen (secondary N) is 2. The molecule has 2 heterocycles. The molecule has 0 spiro atoms. The molecule has 0 radical (unpaired) electrons. The van der Waals surface area contributed by atoms with E-state index in [0.717, 1.165) is 12.1 Å². The minimum Gasteiger partial charge on any atom is -0.444 e. The standard InChI is InChI=1S/C17H23N3O2/c1-17(2,3)22-16(21)20-9-8-18-15(11-20)13-10-19-14-7-5-4-6-12(13)14/h4-7,10,15,18-19H,8-9,11H2,1-3H3/t15-/m1/s1. The molecule has 1 saturated heterocycles. The Bertz CT molecular complexity index is 672. The van der Waals surface area contributed by atoms with Crippen LogP contribution in [0.25, 0.3) is 10.9 Å². The van der Waals surface area contributed by atoms with E-state index in [9.17, 15) is 4.79 Å². The molecule has 3 rings (SSSR count). The lowest BCUT2D eigenvalue weighted by atomic mass is 10.0. The Hall–Kier alpha value is -2.01. The Balaban J connectivity index is 1.77. The van der Waals surface area contributed by atoms with E-state index >= 15 is 0 Å². The Morgan fingerprint density at radius 3 is 2.86 bits per heavy atom. The van der Waals surface area contributed by atoms with E-state index in [-0.39, 0.29) is 12.1 Å². The van der Waals surface area contributed by atoms with Gasteiger partial charge in [-0.3, -0.25) is 0 Å². The molecule has 118 valence electrons. The highest BCUT2D eigenvalue weighted by Gasteiger charge is 2.29. The van der Waals surface area contributed by atoms with E-state index in [4.69, 9.17) is 4.74 Å². The van der Waals surface area contributed by atoms with E-state index < -0.39 is 5.60 Å². The van der Waals surface area contributed by atoms with E-state index in [0.29, 0.717) is 13.1 Å². The average Bonchev–Trinajstić information content (AvgIpc) is 2.89. The number of aromatic nitrogens is 1. The number of H-pyrrole nitrogens is 1. The van der Waals surface area contributed by atoms with Gasteiger partial charge in [-0.1, -0.05) is 18.2 Å². The van der Waals surface area contributed by atoms with E-state index in [2.05, 4.69) is 22.4 Å². The number of piperazine rings is 1. The Labute approximate surface area is 130 Å². The summed E-state index contributed by atoms with van der Waals surface area (Å²) < 4.78 is 5.48. The molecule has 22 heavy (non-hydrogen) atoms. The molecule has 5 nitrogen and oxygen atoms in total. The lowest BCUT2D eigenvalue weighted by Gasteiger charge is -2.34. The number of carbonyl (C=O) groups is 1. The first-order valence-electron chi connectivity index (χ1n) is 7.71. The van der Waals surface area contributed by atoms with Crippen molar-refractivity contribution in [2.75, 3.05) is 19.6 Å². The number of rotatable bonds is 1. The minimum atomic E-state index is -0.460. The van der Waals surface area contributed by atoms with Crippen molar-refractivity contribution in [2.24, 2.45) is 0 Å². The predicted octanol–water partition coefficient (Wildman–Crippen LogP) is 3.05. The molecule has 5 heteroatoms. The second-order valence-corrected chi connectivity index (χ2v) is 6.72. The van der Waals surface area contributed by atoms with Crippen LogP contribution in [0.4, 0.5) is 4.79 Å². The molecular weight excluding hydrogens is 278 g/mol. The molecule has 1 fully saturated rings. The highest BCUT2D eigenvalue weighted by atomic mass is 16.6. The number of benzene rings is 1. The molecule has 1 aliphatic heterocycles. The third-order valence-electron chi connectivity index (χ3n) is 3.82. The second-order valence-electron chi connectivity index (χ2n) is 6.72. The zero-order valence-electron chi connectivity index (χ0n) is 13.3. The molecule has 1 aromatic carbocycles. The van der Waals surface area contributed by atoms with Crippen molar-refractivity contribution in [3.05, 3.63) is 36.0 Å². The number of hydrogen-bond donors (Lipinski definition) is 2. The maximum absolute atomic E-state index is 12.3. The summed E-state index contributed by atoms with van der Waals surface area (Å²) in [6, 6.07) is 8.35. The van der Waals surface area contributed by atoms with Crippen molar-refractivity contribution < 1.29 is 9.53 Å². The summed E-state index contributed by atoms with van der Waals surface area (Å²) in [6.07, 6.45) is 1.79. The number of para-hydroxylation sites is 1. The first-order valence-corrected chi connectivity index (χ1v) is 7.71. The fourth-order valence-corrected chi connectivity index (χ4v) is 2.83. The fraction of sp³-hybridized carbons (Fsp3) is 0.471. The van der Waals surface area contributed by atoms with Crippen LogP contribution in [0.5, 0.6) is 0 Å². The summed E-state index contributed by atoms with van der Waals surface area (Å²) in [6.45, 7) is 7.74. The minimum absolute atomic E-state index is 0.123. The number of nitrogens with zero attached hydrogens (tertiary/aromatic N) is 1. The van der Waals surface area contributed by atoms with Gasteiger partial charge in [0.1, 0.15) is 5.60 Å². The molecule has 2 N–H and O–H groups in total. The average molecular weight is 301 g/mol. The topological polar surface area (TPSA) is 57.4 Å². The summed E-state index contributed by atoms with van der Waals surface area (Å²) in [5, 5.41) is 4.69. The van der Waals surface area contributed by atoms with Crippen LogP contribution in [-0.2, 0) is 4.74 Å². The summed E-state index contributed by atoms with van der Waals surface area (Å²) in [7, 11) is 0. The van der Waals surface area contributed by atoms with Gasteiger partial charge in [-0.2, -0.15) is 0 Å². The van der Waals surface area contributed by atoms with Gasteiger partial charge < -0.3 is 19.9 Å². The smallest absolute Gasteiger partial charge is 0.410 e. The molecule has 1 aliphatic rings. The number of carbonyl (C=O) groups excluding carboxylic acids is 1. The molecule has 2 aromatic rings. The third-order valence-corrected chi connectivity index (χ3v) is 3.82. The lowest BCUT2D eigenvalue weighted by molar-refractivity contribution is 0.0195. The first kappa shape index (κ1) is 14.9. The zero-order chi connectivity index (χ0) is 15.7. The van der Waals surface area contributed by atoms with Gasteiger partial charge in [-0.05, 0) is 32.4 Å². The normalized spacial score (nSPS) is 19.4. The largest absolute Gasteiger partial charge is 0.444 e. The quantitative estimate of drug-likeness (QED) is 0.851. The van der Waals surface area contributed by atoms with Gasteiger partial charge in [-0.25, -0.2) is 4.79 Å². The van der Waals surface area contributed by atoms with Crippen LogP contribution < -0.4 is 5.32 Å². The molecular formula is C17H23N3O2. The first-order chi connectivity index (χ1) is 10.4. The van der Waals surface area contributed by atoms with Crippen molar-refractivity contribution >= 4 is 17.0 Å². The molecule has 1 atom stereocenters. The van der Waals surface area contributed by atoms with Crippen molar-refractivity contribution in [1.82, 2.24) is 15.2 Å². The number of aromatic amines is 1. The number of amides is 1.